The van der Waals surface area contributed by atoms with E-state index in [0.717, 1.165) is 5.92 Å². The van der Waals surface area contributed by atoms with Crippen LogP contribution in [0, 0.1) is 5.92 Å². The highest BCUT2D eigenvalue weighted by molar-refractivity contribution is 5.33. The molecule has 0 aliphatic heterocycles. The van der Waals surface area contributed by atoms with Crippen LogP contribution in [0.15, 0.2) is 23.3 Å². The summed E-state index contributed by atoms with van der Waals surface area (Å²) in [4.78, 5) is 0. The predicted octanol–water partition coefficient (Wildman–Crippen LogP) is 3.84. The molecule has 12 heavy (non-hydrogen) atoms. The summed E-state index contributed by atoms with van der Waals surface area (Å²) in [6, 6.07) is 0. The van der Waals surface area contributed by atoms with Crippen LogP contribution in [-0.2, 0) is 0 Å². The second-order valence-corrected chi connectivity index (χ2v) is 4.00. The minimum absolute atomic E-state index is 0.894. The van der Waals surface area contributed by atoms with Gasteiger partial charge in [-0.3, -0.25) is 0 Å². The van der Waals surface area contributed by atoms with Gasteiger partial charge in [-0.2, -0.15) is 0 Å². The van der Waals surface area contributed by atoms with Crippen molar-refractivity contribution < 1.29 is 0 Å². The Labute approximate surface area is 75.4 Å². The lowest BCUT2D eigenvalue weighted by molar-refractivity contribution is 0.483. The molecule has 0 nitrogen and oxygen atoms in total. The maximum absolute atomic E-state index is 2.40. The summed E-state index contributed by atoms with van der Waals surface area (Å²) in [6.45, 7) is 2.32. The first kappa shape index (κ1) is 8.10. The Kier molecular flexibility index (Phi) is 2.34. The topological polar surface area (TPSA) is 0 Å². The summed E-state index contributed by atoms with van der Waals surface area (Å²) in [6.07, 6.45) is 13.0. The molecule has 0 aromatic carbocycles. The number of rotatable bonds is 1. The summed E-state index contributed by atoms with van der Waals surface area (Å²) < 4.78 is 0. The molecule has 66 valence electrons. The van der Waals surface area contributed by atoms with Gasteiger partial charge in [-0.15, -0.1) is 0 Å². The molecule has 0 spiro atoms. The van der Waals surface area contributed by atoms with Crippen molar-refractivity contribution in [3.05, 3.63) is 23.3 Å². The van der Waals surface area contributed by atoms with Crippen molar-refractivity contribution in [2.45, 2.75) is 45.4 Å². The Bertz CT molecular complexity index is 220. The molecule has 0 bridgehead atoms. The molecule has 0 radical (unpaired) electrons. The molecule has 2 aliphatic carbocycles. The molecule has 0 amide bonds. The van der Waals surface area contributed by atoms with Gasteiger partial charge in [0.1, 0.15) is 0 Å². The fraction of sp³-hybridized carbons (Fsp3) is 0.667. The van der Waals surface area contributed by atoms with E-state index in [-0.39, 0.29) is 0 Å². The molecular weight excluding hydrogens is 144 g/mol. The Morgan fingerprint density at radius 3 is 3.17 bits per heavy atom. The maximum Gasteiger partial charge on any atom is -0.0165 e. The number of allylic oxidation sites excluding steroid dienone is 4. The molecular formula is C12H18. The van der Waals surface area contributed by atoms with Crippen LogP contribution in [0.2, 0.25) is 0 Å². The molecule has 1 atom stereocenters. The molecule has 0 saturated heterocycles. The first-order valence-electron chi connectivity index (χ1n) is 5.30. The zero-order chi connectivity index (χ0) is 8.39. The summed E-state index contributed by atoms with van der Waals surface area (Å²) in [5, 5.41) is 0. The van der Waals surface area contributed by atoms with E-state index < -0.39 is 0 Å². The molecule has 0 heteroatoms. The van der Waals surface area contributed by atoms with Crippen molar-refractivity contribution in [2.75, 3.05) is 0 Å². The second kappa shape index (κ2) is 3.47. The summed E-state index contributed by atoms with van der Waals surface area (Å²) in [5.74, 6) is 0.894. The zero-order valence-electron chi connectivity index (χ0n) is 7.97. The van der Waals surface area contributed by atoms with Gasteiger partial charge < -0.3 is 0 Å². The summed E-state index contributed by atoms with van der Waals surface area (Å²) in [7, 11) is 0. The van der Waals surface area contributed by atoms with Crippen LogP contribution in [0.5, 0.6) is 0 Å². The maximum atomic E-state index is 2.40. The van der Waals surface area contributed by atoms with Crippen LogP contribution in [0.3, 0.4) is 0 Å². The third kappa shape index (κ3) is 1.35. The zero-order valence-corrected chi connectivity index (χ0v) is 7.97. The largest absolute Gasteiger partial charge is 0.0839 e. The number of hydrogen-bond acceptors (Lipinski definition) is 0. The van der Waals surface area contributed by atoms with Gasteiger partial charge >= 0.3 is 0 Å². The monoisotopic (exact) mass is 162 g/mol. The lowest BCUT2D eigenvalue weighted by Gasteiger charge is -2.28. The molecule has 0 aromatic rings. The van der Waals surface area contributed by atoms with Crippen LogP contribution in [0.1, 0.15) is 45.4 Å². The van der Waals surface area contributed by atoms with Crippen molar-refractivity contribution >= 4 is 0 Å². The van der Waals surface area contributed by atoms with Gasteiger partial charge in [0, 0.05) is 0 Å². The van der Waals surface area contributed by atoms with Gasteiger partial charge in [-0.05, 0) is 50.0 Å². The molecule has 2 rings (SSSR count). The van der Waals surface area contributed by atoms with Crippen molar-refractivity contribution in [3.8, 4) is 0 Å². The van der Waals surface area contributed by atoms with Crippen LogP contribution < -0.4 is 0 Å². The second-order valence-electron chi connectivity index (χ2n) is 4.00. The van der Waals surface area contributed by atoms with Gasteiger partial charge in [0.05, 0.1) is 0 Å². The third-order valence-electron chi connectivity index (χ3n) is 3.28. The van der Waals surface area contributed by atoms with Gasteiger partial charge in [-0.25, -0.2) is 0 Å². The molecule has 0 heterocycles. The minimum Gasteiger partial charge on any atom is -0.0839 e. The highest BCUT2D eigenvalue weighted by atomic mass is 14.3. The van der Waals surface area contributed by atoms with Gasteiger partial charge in [-0.1, -0.05) is 24.6 Å². The molecule has 0 aromatic heterocycles. The highest BCUT2D eigenvalue weighted by Gasteiger charge is 2.20. The Morgan fingerprint density at radius 2 is 2.33 bits per heavy atom. The van der Waals surface area contributed by atoms with E-state index in [9.17, 15) is 0 Å². The summed E-state index contributed by atoms with van der Waals surface area (Å²) >= 11 is 0. The molecule has 0 saturated carbocycles. The fourth-order valence-electron chi connectivity index (χ4n) is 2.57. The van der Waals surface area contributed by atoms with E-state index in [1.54, 1.807) is 11.1 Å². The number of hydrogen-bond donors (Lipinski definition) is 0. The van der Waals surface area contributed by atoms with E-state index in [0.29, 0.717) is 0 Å². The minimum atomic E-state index is 0.894. The van der Waals surface area contributed by atoms with Gasteiger partial charge in [0.2, 0.25) is 0 Å². The average molecular weight is 162 g/mol. The van der Waals surface area contributed by atoms with Crippen LogP contribution >= 0.6 is 0 Å². The smallest absolute Gasteiger partial charge is 0.0165 e. The fourth-order valence-corrected chi connectivity index (χ4v) is 2.57. The van der Waals surface area contributed by atoms with E-state index in [4.69, 9.17) is 0 Å². The quantitative estimate of drug-likeness (QED) is 0.549. The Balaban J connectivity index is 2.24. The molecule has 0 fully saturated rings. The predicted molar refractivity (Wildman–Crippen MR) is 53.0 cm³/mol. The third-order valence-corrected chi connectivity index (χ3v) is 3.28. The standard InChI is InChI=1S/C12H18/c1-2-10-7-5-8-11-6-3-4-9-12(10)11/h4,9-10H,2-3,5-8H2,1H3. The summed E-state index contributed by atoms with van der Waals surface area (Å²) in [5.41, 5.74) is 3.48. The van der Waals surface area contributed by atoms with Crippen LogP contribution in [0.25, 0.3) is 0 Å². The molecule has 1 unspecified atom stereocenters. The van der Waals surface area contributed by atoms with E-state index >= 15 is 0 Å². The van der Waals surface area contributed by atoms with Gasteiger partial charge in [0.25, 0.3) is 0 Å². The lowest BCUT2D eigenvalue weighted by atomic mass is 9.78. The van der Waals surface area contributed by atoms with E-state index in [1.807, 2.05) is 0 Å². The normalized spacial score (nSPS) is 28.9. The van der Waals surface area contributed by atoms with Crippen LogP contribution in [0.4, 0.5) is 0 Å². The lowest BCUT2D eigenvalue weighted by Crippen LogP contribution is -2.12. The van der Waals surface area contributed by atoms with Crippen LogP contribution in [-0.4, -0.2) is 0 Å². The van der Waals surface area contributed by atoms with Crippen molar-refractivity contribution in [2.24, 2.45) is 5.92 Å². The Morgan fingerprint density at radius 1 is 1.42 bits per heavy atom. The van der Waals surface area contributed by atoms with E-state index in [1.165, 1.54) is 38.5 Å². The van der Waals surface area contributed by atoms with Gasteiger partial charge in [0.15, 0.2) is 0 Å². The first-order chi connectivity index (χ1) is 5.92. The molecule has 0 N–H and O–H groups in total. The van der Waals surface area contributed by atoms with Crippen molar-refractivity contribution in [1.29, 1.82) is 0 Å². The first-order valence-corrected chi connectivity index (χ1v) is 5.30. The van der Waals surface area contributed by atoms with E-state index in [2.05, 4.69) is 19.1 Å². The van der Waals surface area contributed by atoms with Crippen molar-refractivity contribution in [3.63, 3.8) is 0 Å². The molecule has 2 aliphatic rings. The SMILES string of the molecule is CCC1CCCC2=C1C=CCC2. The Hall–Kier alpha value is -0.520. The highest BCUT2D eigenvalue weighted by Crippen LogP contribution is 2.37. The van der Waals surface area contributed by atoms with Crippen molar-refractivity contribution in [1.82, 2.24) is 0 Å². The average Bonchev–Trinajstić information content (AvgIpc) is 2.17.